The van der Waals surface area contributed by atoms with E-state index in [2.05, 4.69) is 17.4 Å². The molecule has 0 unspecified atom stereocenters. The lowest BCUT2D eigenvalue weighted by Gasteiger charge is -2.11. The van der Waals surface area contributed by atoms with Crippen LogP contribution in [0.15, 0.2) is 71.6 Å². The molecule has 5 nitrogen and oxygen atoms in total. The number of benzene rings is 3. The number of amides is 1. The van der Waals surface area contributed by atoms with Crippen molar-refractivity contribution in [2.24, 2.45) is 0 Å². The van der Waals surface area contributed by atoms with Gasteiger partial charge < -0.3 is 19.5 Å². The summed E-state index contributed by atoms with van der Waals surface area (Å²) in [6, 6.07) is 21.3. The highest BCUT2D eigenvalue weighted by Gasteiger charge is 2.14. The summed E-state index contributed by atoms with van der Waals surface area (Å²) in [6.07, 6.45) is 0. The van der Waals surface area contributed by atoms with Gasteiger partial charge in [0, 0.05) is 28.3 Å². The zero-order valence-corrected chi connectivity index (χ0v) is 16.8. The Morgan fingerprint density at radius 2 is 1.86 bits per heavy atom. The maximum absolute atomic E-state index is 12.7. The van der Waals surface area contributed by atoms with E-state index in [1.54, 1.807) is 24.9 Å². The van der Waals surface area contributed by atoms with Crippen LogP contribution in [0.3, 0.4) is 0 Å². The minimum atomic E-state index is -0.128. The Balaban J connectivity index is 1.42. The molecule has 0 fully saturated rings. The molecule has 0 saturated carbocycles. The summed E-state index contributed by atoms with van der Waals surface area (Å²) < 4.78 is 16.2. The molecule has 4 rings (SSSR count). The largest absolute Gasteiger partial charge is 0.496 e. The normalized spacial score (nSPS) is 11.9. The number of thioether (sulfide) groups is 1. The molecule has 0 radical (unpaired) electrons. The van der Waals surface area contributed by atoms with Crippen molar-refractivity contribution < 1.29 is 19.0 Å². The van der Waals surface area contributed by atoms with Gasteiger partial charge in [-0.1, -0.05) is 24.3 Å². The number of hydrogen-bond acceptors (Lipinski definition) is 5. The van der Waals surface area contributed by atoms with E-state index in [9.17, 15) is 4.79 Å². The number of ether oxygens (including phenoxy) is 3. The predicted molar refractivity (Wildman–Crippen MR) is 113 cm³/mol. The van der Waals surface area contributed by atoms with E-state index >= 15 is 0 Å². The van der Waals surface area contributed by atoms with Crippen molar-refractivity contribution >= 4 is 17.7 Å². The minimum Gasteiger partial charge on any atom is -0.496 e. The molecule has 0 spiro atoms. The van der Waals surface area contributed by atoms with Gasteiger partial charge in [0.15, 0.2) is 11.5 Å². The number of nitrogens with one attached hydrogen (secondary N) is 1. The maximum atomic E-state index is 12.7. The smallest absolute Gasteiger partial charge is 0.251 e. The average molecular weight is 407 g/mol. The zero-order valence-electron chi connectivity index (χ0n) is 16.0. The molecule has 29 heavy (non-hydrogen) atoms. The summed E-state index contributed by atoms with van der Waals surface area (Å²) in [5.41, 5.74) is 2.54. The highest BCUT2D eigenvalue weighted by molar-refractivity contribution is 7.98. The van der Waals surface area contributed by atoms with E-state index in [1.807, 2.05) is 48.5 Å². The van der Waals surface area contributed by atoms with Crippen LogP contribution in [-0.4, -0.2) is 19.8 Å². The van der Waals surface area contributed by atoms with Crippen LogP contribution in [-0.2, 0) is 12.3 Å². The van der Waals surface area contributed by atoms with Crippen LogP contribution in [0.5, 0.6) is 17.2 Å². The third-order valence-electron chi connectivity index (χ3n) is 4.57. The molecule has 1 amide bonds. The number of fused-ring (bicyclic) bond motifs is 1. The molecule has 3 aromatic carbocycles. The SMILES string of the molecule is COc1ccc(C(=O)NCc2ccc3c(c2)OCO3)cc1CSc1ccccc1. The topological polar surface area (TPSA) is 56.8 Å². The number of methoxy groups -OCH3 is 1. The first-order valence-electron chi connectivity index (χ1n) is 9.24. The first-order chi connectivity index (χ1) is 14.2. The predicted octanol–water partition coefficient (Wildman–Crippen LogP) is 4.65. The van der Waals surface area contributed by atoms with Crippen LogP contribution >= 0.6 is 11.8 Å². The molecule has 6 heteroatoms. The van der Waals surface area contributed by atoms with Crippen LogP contribution < -0.4 is 19.5 Å². The summed E-state index contributed by atoms with van der Waals surface area (Å²) in [7, 11) is 1.64. The Morgan fingerprint density at radius 3 is 2.69 bits per heavy atom. The molecular weight excluding hydrogens is 386 g/mol. The lowest BCUT2D eigenvalue weighted by Crippen LogP contribution is -2.22. The molecule has 3 aromatic rings. The third-order valence-corrected chi connectivity index (χ3v) is 5.63. The van der Waals surface area contributed by atoms with Gasteiger partial charge in [0.25, 0.3) is 5.91 Å². The average Bonchev–Trinajstić information content (AvgIpc) is 3.24. The molecule has 1 aliphatic heterocycles. The molecule has 1 aliphatic rings. The number of carbonyl (C=O) groups excluding carboxylic acids is 1. The van der Waals surface area contributed by atoms with Gasteiger partial charge in [-0.2, -0.15) is 0 Å². The fourth-order valence-corrected chi connectivity index (χ4v) is 3.94. The Labute approximate surface area is 174 Å². The summed E-state index contributed by atoms with van der Waals surface area (Å²) in [6.45, 7) is 0.649. The van der Waals surface area contributed by atoms with Crippen LogP contribution in [0.2, 0.25) is 0 Å². The Hall–Kier alpha value is -3.12. The molecule has 0 aliphatic carbocycles. The van der Waals surface area contributed by atoms with Crippen molar-refractivity contribution in [1.82, 2.24) is 5.32 Å². The van der Waals surface area contributed by atoms with Crippen LogP contribution in [0.25, 0.3) is 0 Å². The lowest BCUT2D eigenvalue weighted by atomic mass is 10.1. The van der Waals surface area contributed by atoms with Gasteiger partial charge in [-0.15, -0.1) is 11.8 Å². The minimum absolute atomic E-state index is 0.128. The Kier molecular flexibility index (Phi) is 5.91. The van der Waals surface area contributed by atoms with Gasteiger partial charge in [0.1, 0.15) is 5.75 Å². The van der Waals surface area contributed by atoms with E-state index in [0.717, 1.165) is 28.4 Å². The van der Waals surface area contributed by atoms with E-state index in [-0.39, 0.29) is 12.7 Å². The Bertz CT molecular complexity index is 1010. The second kappa shape index (κ2) is 8.92. The van der Waals surface area contributed by atoms with Crippen LogP contribution in [0.4, 0.5) is 0 Å². The van der Waals surface area contributed by atoms with Crippen molar-refractivity contribution in [3.05, 3.63) is 83.4 Å². The van der Waals surface area contributed by atoms with Gasteiger partial charge in [0.2, 0.25) is 6.79 Å². The van der Waals surface area contributed by atoms with Crippen molar-refractivity contribution in [3.63, 3.8) is 0 Å². The fourth-order valence-electron chi connectivity index (χ4n) is 3.05. The summed E-state index contributed by atoms with van der Waals surface area (Å²) in [5, 5.41) is 2.96. The van der Waals surface area contributed by atoms with E-state index in [1.165, 1.54) is 4.90 Å². The first kappa shape index (κ1) is 19.2. The van der Waals surface area contributed by atoms with Gasteiger partial charge in [-0.25, -0.2) is 0 Å². The quantitative estimate of drug-likeness (QED) is 0.578. The van der Waals surface area contributed by atoms with Gasteiger partial charge in [-0.05, 0) is 48.0 Å². The molecule has 1 heterocycles. The highest BCUT2D eigenvalue weighted by Crippen LogP contribution is 2.32. The molecule has 0 saturated heterocycles. The second-order valence-corrected chi connectivity index (χ2v) is 7.55. The fraction of sp³-hybridized carbons (Fsp3) is 0.174. The third kappa shape index (κ3) is 4.66. The number of hydrogen-bond donors (Lipinski definition) is 1. The lowest BCUT2D eigenvalue weighted by molar-refractivity contribution is 0.0950. The molecule has 0 aromatic heterocycles. The highest BCUT2D eigenvalue weighted by atomic mass is 32.2. The molecular formula is C23H21NO4S. The summed E-state index contributed by atoms with van der Waals surface area (Å²) in [4.78, 5) is 13.8. The van der Waals surface area contributed by atoms with E-state index in [0.29, 0.717) is 17.9 Å². The van der Waals surface area contributed by atoms with E-state index in [4.69, 9.17) is 14.2 Å². The monoisotopic (exact) mass is 407 g/mol. The van der Waals surface area contributed by atoms with Crippen molar-refractivity contribution in [2.45, 2.75) is 17.2 Å². The van der Waals surface area contributed by atoms with Gasteiger partial charge >= 0.3 is 0 Å². The molecule has 0 bridgehead atoms. The number of carbonyl (C=O) groups is 1. The molecule has 148 valence electrons. The Morgan fingerprint density at radius 1 is 1.03 bits per heavy atom. The standard InChI is InChI=1S/C23H21NO4S/c1-26-20-10-8-17(12-18(20)14-29-19-5-3-2-4-6-19)23(25)24-13-16-7-9-21-22(11-16)28-15-27-21/h2-12H,13-15H2,1H3,(H,24,25). The van der Waals surface area contributed by atoms with Crippen molar-refractivity contribution in [2.75, 3.05) is 13.9 Å². The second-order valence-electron chi connectivity index (χ2n) is 6.50. The van der Waals surface area contributed by atoms with Gasteiger partial charge in [0.05, 0.1) is 7.11 Å². The van der Waals surface area contributed by atoms with Crippen LogP contribution in [0.1, 0.15) is 21.5 Å². The zero-order chi connectivity index (χ0) is 20.1. The van der Waals surface area contributed by atoms with Crippen molar-refractivity contribution in [1.29, 1.82) is 0 Å². The number of rotatable bonds is 7. The van der Waals surface area contributed by atoms with Gasteiger partial charge in [-0.3, -0.25) is 4.79 Å². The maximum Gasteiger partial charge on any atom is 0.251 e. The van der Waals surface area contributed by atoms with Crippen molar-refractivity contribution in [3.8, 4) is 17.2 Å². The van der Waals surface area contributed by atoms with E-state index < -0.39 is 0 Å². The van der Waals surface area contributed by atoms with Crippen LogP contribution in [0, 0.1) is 0 Å². The molecule has 1 N–H and O–H groups in total. The summed E-state index contributed by atoms with van der Waals surface area (Å²) >= 11 is 1.71. The first-order valence-corrected chi connectivity index (χ1v) is 10.2. The summed E-state index contributed by atoms with van der Waals surface area (Å²) in [5.74, 6) is 2.81. The molecule has 0 atom stereocenters.